The normalized spacial score (nSPS) is 10.2. The first-order valence-electron chi connectivity index (χ1n) is 5.01. The van der Waals surface area contributed by atoms with Crippen molar-refractivity contribution in [1.82, 2.24) is 4.57 Å². The van der Waals surface area contributed by atoms with Crippen LogP contribution in [0.25, 0.3) is 0 Å². The molecule has 1 aromatic rings. The van der Waals surface area contributed by atoms with Crippen LogP contribution in [0.4, 0.5) is 0 Å². The maximum absolute atomic E-state index is 11.5. The van der Waals surface area contributed by atoms with Crippen LogP contribution in [-0.4, -0.2) is 23.1 Å². The third kappa shape index (κ3) is 2.42. The summed E-state index contributed by atoms with van der Waals surface area (Å²) in [5.41, 5.74) is 1.69. The topological polar surface area (TPSA) is 71.4 Å². The number of rotatable bonds is 4. The van der Waals surface area contributed by atoms with Crippen LogP contribution >= 0.6 is 0 Å². The lowest BCUT2D eigenvalue weighted by molar-refractivity contribution is -0.306. The Labute approximate surface area is 93.6 Å². The highest BCUT2D eigenvalue weighted by Crippen LogP contribution is 2.15. The van der Waals surface area contributed by atoms with E-state index in [9.17, 15) is 14.7 Å². The van der Waals surface area contributed by atoms with Crippen LogP contribution in [0.3, 0.4) is 0 Å². The molecule has 0 amide bonds. The molecule has 1 rings (SSSR count). The fraction of sp³-hybridized carbons (Fsp3) is 0.455. The summed E-state index contributed by atoms with van der Waals surface area (Å²) in [4.78, 5) is 22.0. The Bertz CT molecular complexity index is 420. The molecule has 5 nitrogen and oxygen atoms in total. The van der Waals surface area contributed by atoms with Crippen LogP contribution in [0.15, 0.2) is 6.07 Å². The fourth-order valence-corrected chi connectivity index (χ4v) is 1.59. The Kier molecular flexibility index (Phi) is 3.71. The van der Waals surface area contributed by atoms with Crippen molar-refractivity contribution in [2.45, 2.75) is 27.3 Å². The number of aryl methyl sites for hydroxylation is 1. The van der Waals surface area contributed by atoms with Gasteiger partial charge in [0.05, 0.1) is 24.7 Å². The molecule has 0 saturated heterocycles. The van der Waals surface area contributed by atoms with E-state index in [0.29, 0.717) is 23.6 Å². The lowest BCUT2D eigenvalue weighted by atomic mass is 10.2. The average molecular weight is 224 g/mol. The summed E-state index contributed by atoms with van der Waals surface area (Å²) in [7, 11) is 0. The van der Waals surface area contributed by atoms with E-state index in [2.05, 4.69) is 0 Å². The van der Waals surface area contributed by atoms with Crippen LogP contribution in [-0.2, 0) is 16.1 Å². The number of carboxylic acid groups (broad SMARTS) is 1. The van der Waals surface area contributed by atoms with Gasteiger partial charge in [0.15, 0.2) is 0 Å². The SMILES string of the molecule is CCOC(=O)c1cc(C)n(CC(=O)[O-])c1C. The first-order chi connectivity index (χ1) is 7.47. The van der Waals surface area contributed by atoms with Gasteiger partial charge in [0.2, 0.25) is 0 Å². The number of nitrogens with zero attached hydrogens (tertiary/aromatic N) is 1. The van der Waals surface area contributed by atoms with Crippen molar-refractivity contribution in [3.63, 3.8) is 0 Å². The van der Waals surface area contributed by atoms with Gasteiger partial charge in [-0.1, -0.05) is 0 Å². The number of ether oxygens (including phenoxy) is 1. The van der Waals surface area contributed by atoms with E-state index < -0.39 is 11.9 Å². The molecule has 88 valence electrons. The van der Waals surface area contributed by atoms with Crippen molar-refractivity contribution in [1.29, 1.82) is 0 Å². The quantitative estimate of drug-likeness (QED) is 0.676. The van der Waals surface area contributed by atoms with Gasteiger partial charge in [0, 0.05) is 11.4 Å². The molecule has 0 fully saturated rings. The molecule has 0 aliphatic rings. The summed E-state index contributed by atoms with van der Waals surface area (Å²) < 4.78 is 6.38. The van der Waals surface area contributed by atoms with E-state index in [1.54, 1.807) is 26.8 Å². The van der Waals surface area contributed by atoms with Crippen molar-refractivity contribution in [3.8, 4) is 0 Å². The van der Waals surface area contributed by atoms with Crippen molar-refractivity contribution >= 4 is 11.9 Å². The minimum Gasteiger partial charge on any atom is -0.548 e. The zero-order valence-corrected chi connectivity index (χ0v) is 9.57. The Morgan fingerprint density at radius 2 is 2.06 bits per heavy atom. The van der Waals surface area contributed by atoms with E-state index in [4.69, 9.17) is 4.74 Å². The first kappa shape index (κ1) is 12.3. The van der Waals surface area contributed by atoms with Gasteiger partial charge in [-0.15, -0.1) is 0 Å². The lowest BCUT2D eigenvalue weighted by Gasteiger charge is -2.09. The van der Waals surface area contributed by atoms with E-state index >= 15 is 0 Å². The second-order valence-electron chi connectivity index (χ2n) is 3.46. The van der Waals surface area contributed by atoms with Crippen molar-refractivity contribution in [3.05, 3.63) is 23.0 Å². The number of aromatic nitrogens is 1. The molecule has 0 atom stereocenters. The largest absolute Gasteiger partial charge is 0.548 e. The van der Waals surface area contributed by atoms with Crippen molar-refractivity contribution < 1.29 is 19.4 Å². The molecule has 16 heavy (non-hydrogen) atoms. The molecule has 0 saturated carbocycles. The maximum atomic E-state index is 11.5. The van der Waals surface area contributed by atoms with Crippen LogP contribution < -0.4 is 5.11 Å². The van der Waals surface area contributed by atoms with Crippen LogP contribution in [0.5, 0.6) is 0 Å². The summed E-state index contributed by atoms with van der Waals surface area (Å²) >= 11 is 0. The van der Waals surface area contributed by atoms with E-state index in [-0.39, 0.29) is 6.54 Å². The highest BCUT2D eigenvalue weighted by molar-refractivity contribution is 5.91. The molecule has 0 aliphatic carbocycles. The van der Waals surface area contributed by atoms with Gasteiger partial charge in [0.1, 0.15) is 0 Å². The molecule has 0 bridgehead atoms. The van der Waals surface area contributed by atoms with Gasteiger partial charge in [-0.3, -0.25) is 0 Å². The number of esters is 1. The maximum Gasteiger partial charge on any atom is 0.339 e. The molecule has 0 unspecified atom stereocenters. The van der Waals surface area contributed by atoms with Gasteiger partial charge in [0.25, 0.3) is 0 Å². The Morgan fingerprint density at radius 3 is 2.56 bits per heavy atom. The predicted octanol–water partition coefficient (Wildman–Crippen LogP) is 0.0315. The van der Waals surface area contributed by atoms with Gasteiger partial charge in [-0.25, -0.2) is 4.79 Å². The summed E-state index contributed by atoms with van der Waals surface area (Å²) in [5.74, 6) is -1.61. The van der Waals surface area contributed by atoms with Gasteiger partial charge < -0.3 is 19.2 Å². The van der Waals surface area contributed by atoms with E-state index in [0.717, 1.165) is 0 Å². The second-order valence-corrected chi connectivity index (χ2v) is 3.46. The highest BCUT2D eigenvalue weighted by atomic mass is 16.5. The summed E-state index contributed by atoms with van der Waals surface area (Å²) in [6, 6.07) is 1.62. The third-order valence-electron chi connectivity index (χ3n) is 2.36. The highest BCUT2D eigenvalue weighted by Gasteiger charge is 2.16. The zero-order valence-electron chi connectivity index (χ0n) is 9.57. The van der Waals surface area contributed by atoms with E-state index in [1.165, 1.54) is 4.57 Å². The summed E-state index contributed by atoms with van der Waals surface area (Å²) in [6.45, 7) is 5.18. The Morgan fingerprint density at radius 1 is 1.44 bits per heavy atom. The molecule has 0 radical (unpaired) electrons. The standard InChI is InChI=1S/C11H15NO4/c1-4-16-11(15)9-5-7(2)12(8(9)3)6-10(13)14/h5H,4,6H2,1-3H3,(H,13,14)/p-1. The predicted molar refractivity (Wildman–Crippen MR) is 54.9 cm³/mol. The number of aliphatic carboxylic acids is 1. The van der Waals surface area contributed by atoms with Crippen molar-refractivity contribution in [2.75, 3.05) is 6.61 Å². The molecule has 0 N–H and O–H groups in total. The van der Waals surface area contributed by atoms with Crippen LogP contribution in [0.2, 0.25) is 0 Å². The van der Waals surface area contributed by atoms with Crippen LogP contribution in [0.1, 0.15) is 28.7 Å². The average Bonchev–Trinajstić information content (AvgIpc) is 2.45. The van der Waals surface area contributed by atoms with Gasteiger partial charge in [-0.2, -0.15) is 0 Å². The Hall–Kier alpha value is -1.78. The third-order valence-corrected chi connectivity index (χ3v) is 2.36. The number of carbonyl (C=O) groups is 2. The molecule has 1 aromatic heterocycles. The number of carbonyl (C=O) groups excluding carboxylic acids is 2. The zero-order chi connectivity index (χ0) is 12.3. The molecule has 0 aromatic carbocycles. The minimum atomic E-state index is -1.18. The molecule has 5 heteroatoms. The fourth-order valence-electron chi connectivity index (χ4n) is 1.59. The number of carboxylic acids is 1. The number of hydrogen-bond donors (Lipinski definition) is 0. The Balaban J connectivity index is 3.06. The summed E-state index contributed by atoms with van der Waals surface area (Å²) in [5, 5.41) is 10.5. The van der Waals surface area contributed by atoms with Gasteiger partial charge in [-0.05, 0) is 26.8 Å². The number of hydrogen-bond acceptors (Lipinski definition) is 4. The molecular formula is C11H14NO4-. The van der Waals surface area contributed by atoms with Crippen LogP contribution in [0, 0.1) is 13.8 Å². The minimum absolute atomic E-state index is 0.253. The lowest BCUT2D eigenvalue weighted by Crippen LogP contribution is -2.28. The molecule has 0 aliphatic heterocycles. The molecule has 1 heterocycles. The first-order valence-corrected chi connectivity index (χ1v) is 5.01. The second kappa shape index (κ2) is 4.83. The monoisotopic (exact) mass is 224 g/mol. The van der Waals surface area contributed by atoms with Crippen molar-refractivity contribution in [2.24, 2.45) is 0 Å². The molecular weight excluding hydrogens is 210 g/mol. The van der Waals surface area contributed by atoms with Gasteiger partial charge >= 0.3 is 5.97 Å². The van der Waals surface area contributed by atoms with E-state index in [1.807, 2.05) is 0 Å². The smallest absolute Gasteiger partial charge is 0.339 e. The summed E-state index contributed by atoms with van der Waals surface area (Å²) in [6.07, 6.45) is 0. The molecule has 0 spiro atoms.